The summed E-state index contributed by atoms with van der Waals surface area (Å²) >= 11 is 0. The van der Waals surface area contributed by atoms with Crippen LogP contribution in [0.5, 0.6) is 5.75 Å². The summed E-state index contributed by atoms with van der Waals surface area (Å²) in [6.07, 6.45) is 1.23. The maximum Gasteiger partial charge on any atom is 0.192 e. The Morgan fingerprint density at radius 2 is 1.86 bits per heavy atom. The summed E-state index contributed by atoms with van der Waals surface area (Å²) in [5.41, 5.74) is 4.81. The van der Waals surface area contributed by atoms with Crippen molar-refractivity contribution < 1.29 is 14.3 Å². The van der Waals surface area contributed by atoms with Crippen molar-refractivity contribution in [2.75, 3.05) is 7.11 Å². The fourth-order valence-corrected chi connectivity index (χ4v) is 6.19. The summed E-state index contributed by atoms with van der Waals surface area (Å²) in [5, 5.41) is 11.3. The highest BCUT2D eigenvalue weighted by atomic mass is 28.4. The van der Waals surface area contributed by atoms with E-state index in [0.717, 1.165) is 23.3 Å². The Bertz CT molecular complexity index is 788. The molecule has 156 valence electrons. The van der Waals surface area contributed by atoms with E-state index in [1.807, 2.05) is 12.1 Å². The molecule has 3 atom stereocenters. The van der Waals surface area contributed by atoms with Crippen LogP contribution in [0.2, 0.25) is 18.1 Å². The van der Waals surface area contributed by atoms with Gasteiger partial charge in [0.15, 0.2) is 8.32 Å². The molecule has 0 spiro atoms. The monoisotopic (exact) mass is 402 g/mol. The number of rotatable bonds is 4. The molecule has 1 aromatic carbocycles. The Morgan fingerprint density at radius 1 is 1.21 bits per heavy atom. The topological polar surface area (TPSA) is 38.7 Å². The summed E-state index contributed by atoms with van der Waals surface area (Å²) in [6, 6.07) is 6.16. The van der Waals surface area contributed by atoms with Crippen molar-refractivity contribution >= 4 is 13.9 Å². The first-order chi connectivity index (χ1) is 12.8. The van der Waals surface area contributed by atoms with E-state index in [1.165, 1.54) is 11.1 Å². The van der Waals surface area contributed by atoms with E-state index < -0.39 is 14.4 Å². The third-order valence-corrected chi connectivity index (χ3v) is 11.9. The zero-order valence-corrected chi connectivity index (χ0v) is 20.1. The second kappa shape index (κ2) is 7.00. The van der Waals surface area contributed by atoms with Crippen LogP contribution < -0.4 is 4.74 Å². The first-order valence-corrected chi connectivity index (χ1v) is 13.5. The Kier molecular flexibility index (Phi) is 5.40. The second-order valence-electron chi connectivity index (χ2n) is 10.7. The van der Waals surface area contributed by atoms with Gasteiger partial charge in [-0.1, -0.05) is 59.2 Å². The maximum absolute atomic E-state index is 11.1. The normalized spacial score (nSPS) is 27.8. The number of hydrogen-bond donors (Lipinski definition) is 1. The van der Waals surface area contributed by atoms with Crippen LogP contribution >= 0.6 is 0 Å². The van der Waals surface area contributed by atoms with E-state index in [9.17, 15) is 5.11 Å². The molecule has 1 unspecified atom stereocenters. The molecule has 0 aliphatic heterocycles. The number of ether oxygens (including phenoxy) is 1. The molecule has 4 heteroatoms. The average molecular weight is 403 g/mol. The van der Waals surface area contributed by atoms with Gasteiger partial charge in [-0.15, -0.1) is 0 Å². The van der Waals surface area contributed by atoms with E-state index >= 15 is 0 Å². The van der Waals surface area contributed by atoms with E-state index in [4.69, 9.17) is 9.16 Å². The number of aliphatic hydroxyl groups is 1. The van der Waals surface area contributed by atoms with Crippen LogP contribution in [0.3, 0.4) is 0 Å². The number of hydrogen-bond acceptors (Lipinski definition) is 3. The van der Waals surface area contributed by atoms with Crippen molar-refractivity contribution in [2.24, 2.45) is 11.3 Å². The minimum absolute atomic E-state index is 0.120. The Hall–Kier alpha value is -1.10. The van der Waals surface area contributed by atoms with Gasteiger partial charge in [0, 0.05) is 11.0 Å². The number of methoxy groups -OCH3 is 1. The van der Waals surface area contributed by atoms with Gasteiger partial charge in [-0.25, -0.2) is 0 Å². The summed E-state index contributed by atoms with van der Waals surface area (Å²) in [6.45, 7) is 18.4. The minimum Gasteiger partial charge on any atom is -0.496 e. The van der Waals surface area contributed by atoms with Crippen molar-refractivity contribution in [3.8, 4) is 5.75 Å². The van der Waals surface area contributed by atoms with Gasteiger partial charge in [-0.2, -0.15) is 0 Å². The third-order valence-electron chi connectivity index (χ3n) is 7.45. The van der Waals surface area contributed by atoms with Gasteiger partial charge in [-0.05, 0) is 54.1 Å². The zero-order chi connectivity index (χ0) is 21.1. The quantitative estimate of drug-likeness (QED) is 0.597. The Labute approximate surface area is 172 Å². The van der Waals surface area contributed by atoms with Crippen molar-refractivity contribution in [1.29, 1.82) is 0 Å². The first-order valence-electron chi connectivity index (χ1n) is 10.6. The van der Waals surface area contributed by atoms with Crippen molar-refractivity contribution in [3.05, 3.63) is 34.9 Å². The lowest BCUT2D eigenvalue weighted by molar-refractivity contribution is 0.0422. The van der Waals surface area contributed by atoms with Crippen LogP contribution in [0.1, 0.15) is 71.6 Å². The highest BCUT2D eigenvalue weighted by Crippen LogP contribution is 2.61. The lowest BCUT2D eigenvalue weighted by Gasteiger charge is -2.46. The predicted octanol–water partition coefficient (Wildman–Crippen LogP) is 6.34. The molecule has 0 saturated heterocycles. The average Bonchev–Trinajstić information content (AvgIpc) is 2.85. The van der Waals surface area contributed by atoms with E-state index in [-0.39, 0.29) is 16.6 Å². The van der Waals surface area contributed by atoms with Gasteiger partial charge in [-0.3, -0.25) is 0 Å². The fourth-order valence-electron chi connectivity index (χ4n) is 4.78. The van der Waals surface area contributed by atoms with Crippen LogP contribution in [-0.4, -0.2) is 26.6 Å². The van der Waals surface area contributed by atoms with Crippen molar-refractivity contribution in [1.82, 2.24) is 0 Å². The largest absolute Gasteiger partial charge is 0.496 e. The summed E-state index contributed by atoms with van der Waals surface area (Å²) in [7, 11) is -0.236. The van der Waals surface area contributed by atoms with E-state index in [2.05, 4.69) is 60.7 Å². The first kappa shape index (κ1) is 21.6. The van der Waals surface area contributed by atoms with Crippen molar-refractivity contribution in [3.63, 3.8) is 0 Å². The van der Waals surface area contributed by atoms with Gasteiger partial charge in [0.05, 0.1) is 19.3 Å². The van der Waals surface area contributed by atoms with Gasteiger partial charge in [0.25, 0.3) is 0 Å². The van der Waals surface area contributed by atoms with Crippen LogP contribution in [0.25, 0.3) is 5.57 Å². The fraction of sp³-hybridized carbons (Fsp3) is 0.667. The molecular weight excluding hydrogens is 364 g/mol. The third kappa shape index (κ3) is 3.27. The lowest BCUT2D eigenvalue weighted by Crippen LogP contribution is -2.48. The molecule has 28 heavy (non-hydrogen) atoms. The van der Waals surface area contributed by atoms with Crippen LogP contribution in [-0.2, 0) is 4.43 Å². The predicted molar refractivity (Wildman–Crippen MR) is 119 cm³/mol. The lowest BCUT2D eigenvalue weighted by atomic mass is 9.67. The van der Waals surface area contributed by atoms with Crippen LogP contribution in [0, 0.1) is 11.3 Å². The van der Waals surface area contributed by atoms with E-state index in [0.29, 0.717) is 12.3 Å². The molecule has 2 aliphatic rings. The number of aliphatic hydroxyl groups excluding tert-OH is 1. The zero-order valence-electron chi connectivity index (χ0n) is 19.1. The molecule has 0 bridgehead atoms. The van der Waals surface area contributed by atoms with Crippen LogP contribution in [0.4, 0.5) is 0 Å². The molecule has 0 amide bonds. The number of benzene rings is 1. The summed E-state index contributed by atoms with van der Waals surface area (Å²) in [5.74, 6) is 1.24. The van der Waals surface area contributed by atoms with Gasteiger partial charge >= 0.3 is 0 Å². The molecule has 2 aliphatic carbocycles. The van der Waals surface area contributed by atoms with Gasteiger partial charge in [0.2, 0.25) is 0 Å². The highest BCUT2D eigenvalue weighted by molar-refractivity contribution is 6.74. The van der Waals surface area contributed by atoms with Crippen LogP contribution in [0.15, 0.2) is 23.8 Å². The molecule has 0 aromatic heterocycles. The molecule has 1 N–H and O–H groups in total. The molecule has 0 heterocycles. The molecule has 3 rings (SSSR count). The summed E-state index contributed by atoms with van der Waals surface area (Å²) < 4.78 is 12.6. The van der Waals surface area contributed by atoms with Gasteiger partial charge < -0.3 is 14.3 Å². The molecule has 0 saturated carbocycles. The molecule has 1 aromatic rings. The van der Waals surface area contributed by atoms with Crippen molar-refractivity contribution in [2.45, 2.75) is 84.7 Å². The molecule has 3 nitrogen and oxygen atoms in total. The Morgan fingerprint density at radius 3 is 2.39 bits per heavy atom. The second-order valence-corrected chi connectivity index (χ2v) is 15.4. The Balaban J connectivity index is 2.14. The maximum atomic E-state index is 11.1. The molecule has 0 radical (unpaired) electrons. The highest BCUT2D eigenvalue weighted by Gasteiger charge is 2.54. The minimum atomic E-state index is -1.92. The van der Waals surface area contributed by atoms with E-state index in [1.54, 1.807) is 7.11 Å². The SMILES string of the molecule is COc1cccc2c1C(O)C[C@]1(C)C2=C(C(C)C)C[C@H]1O[Si](C)(C)C(C)(C)C. The molecular formula is C24H38O3Si. The number of fused-ring (bicyclic) bond motifs is 3. The standard InChI is InChI=1S/C24H38O3Si/c1-15(2)17-13-20(27-28(8,9)23(3,4)5)24(6)14-18(25)21-16(22(17)24)11-10-12-19(21)26-7/h10-12,15,18,20,25H,13-14H2,1-9H3/t18?,20-,24+/m1/s1. The molecule has 0 fully saturated rings. The summed E-state index contributed by atoms with van der Waals surface area (Å²) in [4.78, 5) is 0. The van der Waals surface area contributed by atoms with Gasteiger partial charge in [0.1, 0.15) is 5.75 Å². The smallest absolute Gasteiger partial charge is 0.192 e.